The van der Waals surface area contributed by atoms with Crippen LogP contribution in [0.15, 0.2) is 0 Å². The number of sulfonamides is 1. The van der Waals surface area contributed by atoms with Gasteiger partial charge in [0.25, 0.3) is 0 Å². The van der Waals surface area contributed by atoms with Gasteiger partial charge in [0.05, 0.1) is 16.3 Å². The Bertz CT molecular complexity index is 388. The molecule has 1 aliphatic heterocycles. The standard InChI is InChI=1S/C11H20N2O2S2/c12-11(16)10-7-3-4-8-13(10)17(14,15)9-5-1-2-6-9/h9-10H,1-8H2,(H2,12,16). The molecule has 17 heavy (non-hydrogen) atoms. The van der Waals surface area contributed by atoms with Gasteiger partial charge >= 0.3 is 0 Å². The zero-order valence-electron chi connectivity index (χ0n) is 9.97. The van der Waals surface area contributed by atoms with E-state index in [1.165, 1.54) is 0 Å². The fourth-order valence-corrected chi connectivity index (χ4v) is 5.45. The van der Waals surface area contributed by atoms with E-state index in [9.17, 15) is 8.42 Å². The lowest BCUT2D eigenvalue weighted by Crippen LogP contribution is -2.52. The third kappa shape index (κ3) is 2.63. The molecule has 4 nitrogen and oxygen atoms in total. The van der Waals surface area contributed by atoms with E-state index in [4.69, 9.17) is 18.0 Å². The van der Waals surface area contributed by atoms with Gasteiger partial charge in [-0.2, -0.15) is 4.31 Å². The first-order valence-electron chi connectivity index (χ1n) is 6.33. The average molecular weight is 276 g/mol. The summed E-state index contributed by atoms with van der Waals surface area (Å²) < 4.78 is 26.6. The number of nitrogens with two attached hydrogens (primary N) is 1. The van der Waals surface area contributed by atoms with Crippen LogP contribution in [0.25, 0.3) is 0 Å². The van der Waals surface area contributed by atoms with E-state index in [2.05, 4.69) is 0 Å². The van der Waals surface area contributed by atoms with E-state index in [1.54, 1.807) is 4.31 Å². The molecule has 1 atom stereocenters. The molecule has 1 aliphatic carbocycles. The third-order valence-corrected chi connectivity index (χ3v) is 6.51. The molecular formula is C11H20N2O2S2. The number of hydrogen-bond donors (Lipinski definition) is 1. The van der Waals surface area contributed by atoms with Crippen molar-refractivity contribution in [3.05, 3.63) is 0 Å². The highest BCUT2D eigenvalue weighted by atomic mass is 32.2. The maximum absolute atomic E-state index is 12.5. The molecule has 0 radical (unpaired) electrons. The maximum Gasteiger partial charge on any atom is 0.217 e. The summed E-state index contributed by atoms with van der Waals surface area (Å²) in [7, 11) is -3.19. The van der Waals surface area contributed by atoms with Crippen molar-refractivity contribution in [2.24, 2.45) is 5.73 Å². The lowest BCUT2D eigenvalue weighted by Gasteiger charge is -2.35. The Balaban J connectivity index is 2.20. The Morgan fingerprint density at radius 2 is 1.71 bits per heavy atom. The summed E-state index contributed by atoms with van der Waals surface area (Å²) in [5.41, 5.74) is 5.68. The molecular weight excluding hydrogens is 256 g/mol. The molecule has 2 N–H and O–H groups in total. The molecule has 1 saturated carbocycles. The van der Waals surface area contributed by atoms with Crippen LogP contribution in [0, 0.1) is 0 Å². The Hall–Kier alpha value is -0.200. The van der Waals surface area contributed by atoms with E-state index < -0.39 is 10.0 Å². The average Bonchev–Trinajstić information content (AvgIpc) is 2.83. The molecule has 0 aromatic heterocycles. The highest BCUT2D eigenvalue weighted by Crippen LogP contribution is 2.31. The molecule has 0 aromatic carbocycles. The third-order valence-electron chi connectivity index (χ3n) is 3.83. The first kappa shape index (κ1) is 13.2. The van der Waals surface area contributed by atoms with Crippen molar-refractivity contribution < 1.29 is 8.42 Å². The summed E-state index contributed by atoms with van der Waals surface area (Å²) in [6.45, 7) is 0.584. The monoisotopic (exact) mass is 276 g/mol. The van der Waals surface area contributed by atoms with Crippen LogP contribution in [-0.2, 0) is 10.0 Å². The van der Waals surface area contributed by atoms with E-state index in [1.807, 2.05) is 0 Å². The smallest absolute Gasteiger partial charge is 0.217 e. The first-order chi connectivity index (χ1) is 8.03. The van der Waals surface area contributed by atoms with Gasteiger partial charge in [0, 0.05) is 6.54 Å². The summed E-state index contributed by atoms with van der Waals surface area (Å²) >= 11 is 5.01. The minimum absolute atomic E-state index is 0.197. The molecule has 0 bridgehead atoms. The van der Waals surface area contributed by atoms with Crippen molar-refractivity contribution in [1.82, 2.24) is 4.31 Å². The molecule has 98 valence electrons. The van der Waals surface area contributed by atoms with Crippen LogP contribution in [0.2, 0.25) is 0 Å². The van der Waals surface area contributed by atoms with Crippen LogP contribution in [-0.4, -0.2) is 35.5 Å². The molecule has 6 heteroatoms. The fraction of sp³-hybridized carbons (Fsp3) is 0.909. The van der Waals surface area contributed by atoms with Crippen LogP contribution in [0.3, 0.4) is 0 Å². The number of piperidine rings is 1. The predicted molar refractivity (Wildman–Crippen MR) is 72.3 cm³/mol. The van der Waals surface area contributed by atoms with E-state index in [-0.39, 0.29) is 11.3 Å². The van der Waals surface area contributed by atoms with Crippen LogP contribution in [0.4, 0.5) is 0 Å². The molecule has 0 amide bonds. The second-order valence-electron chi connectivity index (χ2n) is 4.98. The van der Waals surface area contributed by atoms with Crippen LogP contribution >= 0.6 is 12.2 Å². The topological polar surface area (TPSA) is 63.4 Å². The summed E-state index contributed by atoms with van der Waals surface area (Å²) in [5, 5.41) is -0.197. The number of nitrogens with zero attached hydrogens (tertiary/aromatic N) is 1. The molecule has 2 aliphatic rings. The summed E-state index contributed by atoms with van der Waals surface area (Å²) in [6, 6.07) is -0.246. The number of thiocarbonyl (C=S) groups is 1. The van der Waals surface area contributed by atoms with Crippen molar-refractivity contribution >= 4 is 27.2 Å². The van der Waals surface area contributed by atoms with Gasteiger partial charge in [-0.1, -0.05) is 31.5 Å². The molecule has 1 heterocycles. The highest BCUT2D eigenvalue weighted by Gasteiger charge is 2.39. The van der Waals surface area contributed by atoms with Gasteiger partial charge in [-0.3, -0.25) is 0 Å². The Morgan fingerprint density at radius 1 is 1.12 bits per heavy atom. The highest BCUT2D eigenvalue weighted by molar-refractivity contribution is 7.89. The minimum atomic E-state index is -3.19. The SMILES string of the molecule is NC(=S)C1CCCCN1S(=O)(=O)C1CCCC1. The van der Waals surface area contributed by atoms with Crippen molar-refractivity contribution in [2.45, 2.75) is 56.2 Å². The molecule has 2 fully saturated rings. The van der Waals surface area contributed by atoms with Gasteiger partial charge in [-0.05, 0) is 25.7 Å². The van der Waals surface area contributed by atoms with Gasteiger partial charge in [0.2, 0.25) is 10.0 Å². The van der Waals surface area contributed by atoms with Gasteiger partial charge in [-0.15, -0.1) is 0 Å². The van der Waals surface area contributed by atoms with Crippen LogP contribution < -0.4 is 5.73 Å². The quantitative estimate of drug-likeness (QED) is 0.791. The van der Waals surface area contributed by atoms with E-state index >= 15 is 0 Å². The largest absolute Gasteiger partial charge is 0.392 e. The molecule has 0 aromatic rings. The van der Waals surface area contributed by atoms with E-state index in [0.29, 0.717) is 11.5 Å². The Morgan fingerprint density at radius 3 is 2.29 bits per heavy atom. The lowest BCUT2D eigenvalue weighted by atomic mass is 10.1. The zero-order valence-corrected chi connectivity index (χ0v) is 11.6. The summed E-state index contributed by atoms with van der Waals surface area (Å²) in [4.78, 5) is 0.325. The second kappa shape index (κ2) is 5.20. The molecule has 2 rings (SSSR count). The second-order valence-corrected chi connectivity index (χ2v) is 7.61. The Labute approximate surface area is 109 Å². The van der Waals surface area contributed by atoms with Crippen molar-refractivity contribution in [3.63, 3.8) is 0 Å². The number of rotatable bonds is 3. The fourth-order valence-electron chi connectivity index (χ4n) is 2.87. The zero-order chi connectivity index (χ0) is 12.5. The van der Waals surface area contributed by atoms with Gasteiger partial charge in [0.1, 0.15) is 0 Å². The first-order valence-corrected chi connectivity index (χ1v) is 8.24. The summed E-state index contributed by atoms with van der Waals surface area (Å²) in [5.74, 6) is 0. The van der Waals surface area contributed by atoms with Crippen molar-refractivity contribution in [3.8, 4) is 0 Å². The Kier molecular flexibility index (Phi) is 4.05. The molecule has 1 saturated heterocycles. The molecule has 0 spiro atoms. The minimum Gasteiger partial charge on any atom is -0.392 e. The van der Waals surface area contributed by atoms with Gasteiger partial charge in [0.15, 0.2) is 0 Å². The van der Waals surface area contributed by atoms with Gasteiger partial charge in [-0.25, -0.2) is 8.42 Å². The predicted octanol–water partition coefficient (Wildman–Crippen LogP) is 1.40. The van der Waals surface area contributed by atoms with Crippen LogP contribution in [0.5, 0.6) is 0 Å². The summed E-state index contributed by atoms with van der Waals surface area (Å²) in [6.07, 6.45) is 6.35. The molecule has 1 unspecified atom stereocenters. The van der Waals surface area contributed by atoms with Crippen molar-refractivity contribution in [2.75, 3.05) is 6.54 Å². The number of hydrogen-bond acceptors (Lipinski definition) is 3. The lowest BCUT2D eigenvalue weighted by molar-refractivity contribution is 0.303. The van der Waals surface area contributed by atoms with Crippen LogP contribution in [0.1, 0.15) is 44.9 Å². The maximum atomic E-state index is 12.5. The van der Waals surface area contributed by atoms with Crippen molar-refractivity contribution in [1.29, 1.82) is 0 Å². The normalized spacial score (nSPS) is 28.4. The van der Waals surface area contributed by atoms with Gasteiger partial charge < -0.3 is 5.73 Å². The van der Waals surface area contributed by atoms with E-state index in [0.717, 1.165) is 44.9 Å².